The second kappa shape index (κ2) is 14.3. The summed E-state index contributed by atoms with van der Waals surface area (Å²) in [5.74, 6) is 1.75. The number of aromatic nitrogens is 2. The molecule has 9 nitrogen and oxygen atoms in total. The lowest BCUT2D eigenvalue weighted by Gasteiger charge is -2.56. The average molecular weight is 620 g/mol. The molecule has 3 heterocycles. The first kappa shape index (κ1) is 32.2. The minimum absolute atomic E-state index is 0.0741. The van der Waals surface area contributed by atoms with Gasteiger partial charge in [0, 0.05) is 37.1 Å². The maximum atomic E-state index is 14.4. The number of oxime groups is 1. The molecule has 0 radical (unpaired) electrons. The van der Waals surface area contributed by atoms with Gasteiger partial charge in [0.05, 0.1) is 17.5 Å². The Bertz CT molecular complexity index is 1390. The molecule has 2 aliphatic heterocycles. The number of carboxylic acids is 1. The lowest BCUT2D eigenvalue weighted by atomic mass is 9.64. The zero-order valence-corrected chi connectivity index (χ0v) is 27.6. The normalized spacial score (nSPS) is 30.5. The molecule has 0 amide bonds. The van der Waals surface area contributed by atoms with E-state index in [1.165, 1.54) is 57.8 Å². The number of para-hydroxylation sites is 2. The van der Waals surface area contributed by atoms with Gasteiger partial charge in [0.1, 0.15) is 12.3 Å². The van der Waals surface area contributed by atoms with E-state index in [1.54, 1.807) is 0 Å². The van der Waals surface area contributed by atoms with E-state index in [0.29, 0.717) is 30.4 Å². The fourth-order valence-electron chi connectivity index (χ4n) is 9.43. The first-order valence-corrected chi connectivity index (χ1v) is 17.6. The van der Waals surface area contributed by atoms with Gasteiger partial charge in [-0.25, -0.2) is 4.98 Å². The van der Waals surface area contributed by atoms with E-state index in [4.69, 9.17) is 9.82 Å². The number of aliphatic carboxylic acids is 1. The van der Waals surface area contributed by atoms with E-state index < -0.39 is 5.97 Å². The second-order valence-corrected chi connectivity index (χ2v) is 14.7. The lowest BCUT2D eigenvalue weighted by molar-refractivity contribution is -0.136. The summed E-state index contributed by atoms with van der Waals surface area (Å²) in [6, 6.07) is 9.63. The number of hydrogen-bond acceptors (Lipinski definition) is 7. The van der Waals surface area contributed by atoms with Crippen molar-refractivity contribution in [3.05, 3.63) is 40.3 Å². The molecule has 246 valence electrons. The van der Waals surface area contributed by atoms with Crippen molar-refractivity contribution in [2.45, 2.75) is 121 Å². The van der Waals surface area contributed by atoms with Gasteiger partial charge in [-0.2, -0.15) is 0 Å². The Kier molecular flexibility index (Phi) is 10.2. The molecule has 2 saturated carbocycles. The van der Waals surface area contributed by atoms with E-state index in [2.05, 4.69) is 21.9 Å². The van der Waals surface area contributed by atoms with Gasteiger partial charge < -0.3 is 19.4 Å². The molecule has 1 aromatic carbocycles. The third-order valence-electron chi connectivity index (χ3n) is 11.2. The predicted molar refractivity (Wildman–Crippen MR) is 178 cm³/mol. The Hall–Kier alpha value is -2.78. The van der Waals surface area contributed by atoms with Crippen molar-refractivity contribution in [2.24, 2.45) is 22.9 Å². The van der Waals surface area contributed by atoms with Crippen LogP contribution >= 0.6 is 0 Å². The van der Waals surface area contributed by atoms with E-state index in [0.717, 1.165) is 54.6 Å². The highest BCUT2D eigenvalue weighted by Crippen LogP contribution is 2.49. The Labute approximate surface area is 268 Å². The molecular formula is C36H53N5O4. The third-order valence-corrected chi connectivity index (χ3v) is 11.2. The van der Waals surface area contributed by atoms with Gasteiger partial charge in [0.2, 0.25) is 0 Å². The number of hydrogen-bond donors (Lipinski definition) is 1. The summed E-state index contributed by atoms with van der Waals surface area (Å²) in [5, 5.41) is 13.8. The monoisotopic (exact) mass is 619 g/mol. The summed E-state index contributed by atoms with van der Waals surface area (Å²) in [7, 11) is 4.01. The molecule has 4 aliphatic rings. The number of piperidine rings is 2. The highest BCUT2D eigenvalue weighted by Gasteiger charge is 2.46. The van der Waals surface area contributed by atoms with Crippen LogP contribution in [0.15, 0.2) is 34.2 Å². The van der Waals surface area contributed by atoms with Crippen LogP contribution in [0.3, 0.4) is 0 Å². The SMILES string of the molecule is CCC1CC2CC(C1)CC(N1C3CCCC1CC(n1c(=O)c(C(CCC(=O)O)=NOCCCN(C)C)nc4ccccc41)C3)C2. The van der Waals surface area contributed by atoms with Crippen molar-refractivity contribution in [1.82, 2.24) is 19.4 Å². The predicted octanol–water partition coefficient (Wildman–Crippen LogP) is 6.10. The number of nitrogens with zero attached hydrogens (tertiary/aromatic N) is 5. The first-order chi connectivity index (χ1) is 21.8. The summed E-state index contributed by atoms with van der Waals surface area (Å²) >= 11 is 0. The Morgan fingerprint density at radius 1 is 0.978 bits per heavy atom. The zero-order chi connectivity index (χ0) is 31.5. The van der Waals surface area contributed by atoms with Gasteiger partial charge >= 0.3 is 5.97 Å². The highest BCUT2D eigenvalue weighted by atomic mass is 16.6. The van der Waals surface area contributed by atoms with Crippen molar-refractivity contribution >= 4 is 22.7 Å². The van der Waals surface area contributed by atoms with E-state index in [1.807, 2.05) is 42.9 Å². The molecular weight excluding hydrogens is 566 g/mol. The van der Waals surface area contributed by atoms with Crippen LogP contribution < -0.4 is 5.56 Å². The fraction of sp³-hybridized carbons (Fsp3) is 0.722. The molecule has 0 spiro atoms. The van der Waals surface area contributed by atoms with Crippen LogP contribution in [0.25, 0.3) is 11.0 Å². The van der Waals surface area contributed by atoms with Gasteiger partial charge in [0.15, 0.2) is 5.69 Å². The standard InChI is InChI=1S/C36H53N5O4/c1-4-24-17-25-19-26(18-24)21-29(20-25)40-27-9-7-10-28(40)23-30(22-27)41-33-12-6-5-11-31(33)37-35(36(41)44)32(13-14-34(42)43)38-45-16-8-15-39(2)3/h5-6,11-12,24-30H,4,7-10,13-23H2,1-3H3,(H,42,43). The minimum Gasteiger partial charge on any atom is -0.481 e. The number of carbonyl (C=O) groups is 1. The van der Waals surface area contributed by atoms with Crippen LogP contribution in [0.2, 0.25) is 0 Å². The Balaban J connectivity index is 1.29. The summed E-state index contributed by atoms with van der Waals surface area (Å²) in [6.45, 7) is 3.61. The summed E-state index contributed by atoms with van der Waals surface area (Å²) < 4.78 is 1.99. The summed E-state index contributed by atoms with van der Waals surface area (Å²) in [6.07, 6.45) is 14.6. The lowest BCUT2D eigenvalue weighted by Crippen LogP contribution is -2.59. The van der Waals surface area contributed by atoms with Crippen molar-refractivity contribution in [3.8, 4) is 0 Å². The Morgan fingerprint density at radius 2 is 1.69 bits per heavy atom. The topological polar surface area (TPSA) is 100 Å². The molecule has 9 heteroatoms. The first-order valence-electron chi connectivity index (χ1n) is 17.6. The number of benzene rings is 1. The number of fused-ring (bicyclic) bond motifs is 5. The maximum absolute atomic E-state index is 14.4. The van der Waals surface area contributed by atoms with Gasteiger partial charge in [-0.05, 0) is 108 Å². The number of rotatable bonds is 12. The van der Waals surface area contributed by atoms with Gasteiger partial charge in [-0.15, -0.1) is 0 Å². The minimum atomic E-state index is -0.936. The zero-order valence-electron chi connectivity index (χ0n) is 27.6. The quantitative estimate of drug-likeness (QED) is 0.174. The van der Waals surface area contributed by atoms with Crippen molar-refractivity contribution in [1.29, 1.82) is 0 Å². The fourth-order valence-corrected chi connectivity index (χ4v) is 9.43. The van der Waals surface area contributed by atoms with E-state index in [9.17, 15) is 14.7 Å². The maximum Gasteiger partial charge on any atom is 0.303 e. The Morgan fingerprint density at radius 3 is 2.36 bits per heavy atom. The van der Waals surface area contributed by atoms with Crippen LogP contribution in [0.5, 0.6) is 0 Å². The molecule has 2 aliphatic carbocycles. The van der Waals surface area contributed by atoms with E-state index in [-0.39, 0.29) is 30.1 Å². The molecule has 1 aromatic heterocycles. The highest BCUT2D eigenvalue weighted by molar-refractivity contribution is 6.00. The summed E-state index contributed by atoms with van der Waals surface area (Å²) in [4.78, 5) is 41.4. The smallest absolute Gasteiger partial charge is 0.303 e. The van der Waals surface area contributed by atoms with Gasteiger partial charge in [-0.3, -0.25) is 14.5 Å². The van der Waals surface area contributed by atoms with Crippen LogP contribution in [0.1, 0.15) is 109 Å². The number of carboxylic acid groups (broad SMARTS) is 1. The molecule has 2 saturated heterocycles. The largest absolute Gasteiger partial charge is 0.481 e. The van der Waals surface area contributed by atoms with Crippen molar-refractivity contribution in [2.75, 3.05) is 27.2 Å². The van der Waals surface area contributed by atoms with Gasteiger partial charge in [-0.1, -0.05) is 37.1 Å². The molecule has 45 heavy (non-hydrogen) atoms. The van der Waals surface area contributed by atoms with Crippen LogP contribution in [-0.2, 0) is 9.63 Å². The second-order valence-electron chi connectivity index (χ2n) is 14.7. The van der Waals surface area contributed by atoms with Crippen LogP contribution in [-0.4, -0.2) is 81.5 Å². The van der Waals surface area contributed by atoms with Crippen molar-refractivity contribution in [3.63, 3.8) is 0 Å². The molecule has 4 fully saturated rings. The molecule has 2 aromatic rings. The average Bonchev–Trinajstić information content (AvgIpc) is 3.00. The molecule has 1 N–H and O–H groups in total. The molecule has 4 atom stereocenters. The van der Waals surface area contributed by atoms with Crippen LogP contribution in [0.4, 0.5) is 0 Å². The third kappa shape index (κ3) is 7.30. The van der Waals surface area contributed by atoms with Crippen LogP contribution in [0, 0.1) is 17.8 Å². The molecule has 6 rings (SSSR count). The van der Waals surface area contributed by atoms with Crippen molar-refractivity contribution < 1.29 is 14.7 Å². The molecule has 4 unspecified atom stereocenters. The molecule has 4 bridgehead atoms. The van der Waals surface area contributed by atoms with Gasteiger partial charge in [0.25, 0.3) is 5.56 Å². The van der Waals surface area contributed by atoms with E-state index >= 15 is 0 Å². The summed E-state index contributed by atoms with van der Waals surface area (Å²) in [5.41, 5.74) is 1.96.